The first-order chi connectivity index (χ1) is 9.22. The van der Waals surface area contributed by atoms with Gasteiger partial charge in [0.1, 0.15) is 18.0 Å². The van der Waals surface area contributed by atoms with Crippen molar-refractivity contribution < 1.29 is 0 Å². The Morgan fingerprint density at radius 1 is 1.21 bits per heavy atom. The van der Waals surface area contributed by atoms with Crippen molar-refractivity contribution in [3.8, 4) is 0 Å². The van der Waals surface area contributed by atoms with Gasteiger partial charge in [-0.25, -0.2) is 9.97 Å². The summed E-state index contributed by atoms with van der Waals surface area (Å²) in [5, 5.41) is 6.93. The molecule has 1 aromatic rings. The van der Waals surface area contributed by atoms with Crippen LogP contribution < -0.4 is 10.6 Å². The molecule has 4 nitrogen and oxygen atoms in total. The second-order valence-electron chi connectivity index (χ2n) is 5.74. The van der Waals surface area contributed by atoms with Crippen LogP contribution >= 0.6 is 0 Å². The molecule has 0 spiro atoms. The monoisotopic (exact) mass is 262 g/mol. The first-order valence-corrected chi connectivity index (χ1v) is 7.55. The molecule has 0 bridgehead atoms. The molecule has 0 aromatic carbocycles. The standard InChI is InChI=1S/C15H26N4/c1-4-8-16-14-13(11(2)3)15(19-10-18-14)17-9-12-6-5-7-12/h10-12H,4-9H2,1-3H3,(H2,16,17,18,19). The zero-order chi connectivity index (χ0) is 13.7. The van der Waals surface area contributed by atoms with Gasteiger partial charge < -0.3 is 10.6 Å². The number of nitrogens with one attached hydrogen (secondary N) is 2. The van der Waals surface area contributed by atoms with Crippen LogP contribution in [0.5, 0.6) is 0 Å². The van der Waals surface area contributed by atoms with Crippen molar-refractivity contribution >= 4 is 11.6 Å². The molecule has 1 aliphatic rings. The van der Waals surface area contributed by atoms with Crippen LogP contribution in [0, 0.1) is 5.92 Å². The second-order valence-corrected chi connectivity index (χ2v) is 5.74. The highest BCUT2D eigenvalue weighted by Crippen LogP contribution is 2.30. The Labute approximate surface area is 116 Å². The van der Waals surface area contributed by atoms with E-state index in [-0.39, 0.29) is 0 Å². The van der Waals surface area contributed by atoms with Crippen LogP contribution in [0.1, 0.15) is 57.9 Å². The van der Waals surface area contributed by atoms with Gasteiger partial charge in [0.15, 0.2) is 0 Å². The third-order valence-electron chi connectivity index (χ3n) is 3.79. The number of aromatic nitrogens is 2. The summed E-state index contributed by atoms with van der Waals surface area (Å²) < 4.78 is 0. The van der Waals surface area contributed by atoms with Crippen LogP contribution in [-0.2, 0) is 0 Å². The van der Waals surface area contributed by atoms with Gasteiger partial charge in [-0.15, -0.1) is 0 Å². The molecule has 1 fully saturated rings. The van der Waals surface area contributed by atoms with Gasteiger partial charge in [0.2, 0.25) is 0 Å². The minimum atomic E-state index is 0.421. The number of hydrogen-bond donors (Lipinski definition) is 2. The molecule has 1 heterocycles. The van der Waals surface area contributed by atoms with Gasteiger partial charge in [-0.3, -0.25) is 0 Å². The number of hydrogen-bond acceptors (Lipinski definition) is 4. The first-order valence-electron chi connectivity index (χ1n) is 7.55. The molecule has 0 amide bonds. The van der Waals surface area contributed by atoms with Gasteiger partial charge in [0.05, 0.1) is 0 Å². The molecular formula is C15H26N4. The summed E-state index contributed by atoms with van der Waals surface area (Å²) in [6.45, 7) is 8.57. The fourth-order valence-corrected chi connectivity index (χ4v) is 2.41. The summed E-state index contributed by atoms with van der Waals surface area (Å²) in [5.41, 5.74) is 1.22. The zero-order valence-electron chi connectivity index (χ0n) is 12.4. The molecule has 4 heteroatoms. The Bertz CT molecular complexity index is 399. The maximum atomic E-state index is 4.44. The summed E-state index contributed by atoms with van der Waals surface area (Å²) in [6, 6.07) is 0. The summed E-state index contributed by atoms with van der Waals surface area (Å²) in [6.07, 6.45) is 6.86. The molecule has 0 saturated heterocycles. The van der Waals surface area contributed by atoms with E-state index in [4.69, 9.17) is 0 Å². The van der Waals surface area contributed by atoms with Crippen molar-refractivity contribution in [3.63, 3.8) is 0 Å². The Kier molecular flexibility index (Phi) is 5.00. The average molecular weight is 262 g/mol. The highest BCUT2D eigenvalue weighted by atomic mass is 15.1. The molecule has 106 valence electrons. The van der Waals surface area contributed by atoms with Crippen molar-refractivity contribution in [1.29, 1.82) is 0 Å². The Hall–Kier alpha value is -1.32. The van der Waals surface area contributed by atoms with Crippen molar-refractivity contribution in [2.45, 2.75) is 52.4 Å². The van der Waals surface area contributed by atoms with Crippen LogP contribution in [-0.4, -0.2) is 23.1 Å². The molecule has 2 N–H and O–H groups in total. The Morgan fingerprint density at radius 2 is 1.89 bits per heavy atom. The first kappa shape index (κ1) is 14.1. The van der Waals surface area contributed by atoms with E-state index < -0.39 is 0 Å². The van der Waals surface area contributed by atoms with E-state index in [0.717, 1.165) is 37.1 Å². The number of rotatable bonds is 7. The Balaban J connectivity index is 2.10. The fourth-order valence-electron chi connectivity index (χ4n) is 2.41. The quantitative estimate of drug-likeness (QED) is 0.787. The van der Waals surface area contributed by atoms with Gasteiger partial charge in [0.25, 0.3) is 0 Å². The van der Waals surface area contributed by atoms with Gasteiger partial charge >= 0.3 is 0 Å². The lowest BCUT2D eigenvalue weighted by atomic mass is 9.85. The molecule has 0 aliphatic heterocycles. The van der Waals surface area contributed by atoms with E-state index in [2.05, 4.69) is 41.4 Å². The summed E-state index contributed by atoms with van der Waals surface area (Å²) in [7, 11) is 0. The molecule has 0 atom stereocenters. The van der Waals surface area contributed by atoms with Crippen molar-refractivity contribution in [3.05, 3.63) is 11.9 Å². The van der Waals surface area contributed by atoms with Crippen LogP contribution in [0.4, 0.5) is 11.6 Å². The van der Waals surface area contributed by atoms with E-state index in [0.29, 0.717) is 5.92 Å². The lowest BCUT2D eigenvalue weighted by Gasteiger charge is -2.26. The summed E-state index contributed by atoms with van der Waals surface area (Å²) in [5.74, 6) is 3.25. The predicted molar refractivity (Wildman–Crippen MR) is 80.7 cm³/mol. The van der Waals surface area contributed by atoms with Crippen molar-refractivity contribution in [1.82, 2.24) is 9.97 Å². The maximum Gasteiger partial charge on any atom is 0.134 e. The van der Waals surface area contributed by atoms with Crippen LogP contribution in [0.2, 0.25) is 0 Å². The minimum Gasteiger partial charge on any atom is -0.370 e. The molecule has 0 radical (unpaired) electrons. The third-order valence-corrected chi connectivity index (χ3v) is 3.79. The third kappa shape index (κ3) is 3.58. The minimum absolute atomic E-state index is 0.421. The van der Waals surface area contributed by atoms with Gasteiger partial charge in [-0.05, 0) is 31.1 Å². The molecule has 1 saturated carbocycles. The van der Waals surface area contributed by atoms with E-state index in [9.17, 15) is 0 Å². The molecule has 19 heavy (non-hydrogen) atoms. The lowest BCUT2D eigenvalue weighted by molar-refractivity contribution is 0.333. The highest BCUT2D eigenvalue weighted by molar-refractivity contribution is 5.59. The molecule has 2 rings (SSSR count). The molecule has 0 unspecified atom stereocenters. The number of anilines is 2. The maximum absolute atomic E-state index is 4.44. The van der Waals surface area contributed by atoms with E-state index in [1.54, 1.807) is 6.33 Å². The van der Waals surface area contributed by atoms with E-state index >= 15 is 0 Å². The van der Waals surface area contributed by atoms with E-state index in [1.165, 1.54) is 24.8 Å². The molecule has 1 aromatic heterocycles. The predicted octanol–water partition coefficient (Wildman–Crippen LogP) is 3.63. The smallest absolute Gasteiger partial charge is 0.134 e. The fraction of sp³-hybridized carbons (Fsp3) is 0.733. The summed E-state index contributed by atoms with van der Waals surface area (Å²) >= 11 is 0. The highest BCUT2D eigenvalue weighted by Gasteiger charge is 2.19. The average Bonchev–Trinajstić information content (AvgIpc) is 2.34. The topological polar surface area (TPSA) is 49.8 Å². The molecule has 1 aliphatic carbocycles. The zero-order valence-corrected chi connectivity index (χ0v) is 12.4. The van der Waals surface area contributed by atoms with E-state index in [1.807, 2.05) is 0 Å². The van der Waals surface area contributed by atoms with Crippen LogP contribution in [0.25, 0.3) is 0 Å². The molecular weight excluding hydrogens is 236 g/mol. The van der Waals surface area contributed by atoms with Gasteiger partial charge in [-0.2, -0.15) is 0 Å². The van der Waals surface area contributed by atoms with Crippen molar-refractivity contribution in [2.75, 3.05) is 23.7 Å². The second kappa shape index (κ2) is 6.73. The largest absolute Gasteiger partial charge is 0.370 e. The SMILES string of the molecule is CCCNc1ncnc(NCC2CCC2)c1C(C)C. The van der Waals surface area contributed by atoms with Gasteiger partial charge in [-0.1, -0.05) is 27.2 Å². The normalized spacial score (nSPS) is 15.4. The van der Waals surface area contributed by atoms with Gasteiger partial charge in [0, 0.05) is 18.7 Å². The number of nitrogens with zero attached hydrogens (tertiary/aromatic N) is 2. The van der Waals surface area contributed by atoms with Crippen LogP contribution in [0.3, 0.4) is 0 Å². The Morgan fingerprint density at radius 3 is 2.42 bits per heavy atom. The van der Waals surface area contributed by atoms with Crippen molar-refractivity contribution in [2.24, 2.45) is 5.92 Å². The van der Waals surface area contributed by atoms with Crippen LogP contribution in [0.15, 0.2) is 6.33 Å². The lowest BCUT2D eigenvalue weighted by Crippen LogP contribution is -2.22. The summed E-state index contributed by atoms with van der Waals surface area (Å²) in [4.78, 5) is 8.83.